The summed E-state index contributed by atoms with van der Waals surface area (Å²) < 4.78 is 6.79. The Hall–Kier alpha value is -3.92. The lowest BCUT2D eigenvalue weighted by molar-refractivity contribution is -0.111. The Morgan fingerprint density at radius 2 is 2.15 bits per heavy atom. The van der Waals surface area contributed by atoms with E-state index in [9.17, 15) is 9.59 Å². The van der Waals surface area contributed by atoms with Crippen LogP contribution in [0.4, 0.5) is 11.6 Å². The molecule has 1 aliphatic heterocycles. The predicted octanol–water partition coefficient (Wildman–Crippen LogP) is 2.99. The van der Waals surface area contributed by atoms with E-state index in [1.54, 1.807) is 41.0 Å². The molecule has 34 heavy (non-hydrogen) atoms. The fourth-order valence-electron chi connectivity index (χ4n) is 3.76. The van der Waals surface area contributed by atoms with Crippen molar-refractivity contribution in [3.63, 3.8) is 0 Å². The van der Waals surface area contributed by atoms with Gasteiger partial charge in [-0.15, -0.1) is 0 Å². The highest BCUT2D eigenvalue weighted by molar-refractivity contribution is 6.31. The highest BCUT2D eigenvalue weighted by Crippen LogP contribution is 2.30. The number of nitrogens with one attached hydrogen (secondary N) is 2. The minimum atomic E-state index is -0.335. The summed E-state index contributed by atoms with van der Waals surface area (Å²) in [4.78, 5) is 35.4. The Bertz CT molecular complexity index is 1240. The number of anilines is 2. The van der Waals surface area contributed by atoms with E-state index in [0.29, 0.717) is 40.9 Å². The molecule has 11 heteroatoms. The van der Waals surface area contributed by atoms with Crippen molar-refractivity contribution in [3.05, 3.63) is 60.0 Å². The lowest BCUT2D eigenvalue weighted by Gasteiger charge is -2.18. The van der Waals surface area contributed by atoms with Crippen LogP contribution in [0.1, 0.15) is 16.8 Å². The first-order chi connectivity index (χ1) is 16.4. The first kappa shape index (κ1) is 23.2. The first-order valence-corrected chi connectivity index (χ1v) is 10.9. The molecule has 1 unspecified atom stereocenters. The van der Waals surface area contributed by atoms with Gasteiger partial charge < -0.3 is 20.3 Å². The van der Waals surface area contributed by atoms with Crippen molar-refractivity contribution in [1.82, 2.24) is 24.6 Å². The standard InChI is InChI=1S/C23H24ClN7O3/c1-4-20(32)28-19-6-5-14(9-17(19)15-10-26-30(2)12-15)22(33)31-8-7-16(13-31)27-23-25-11-18(24)21(29-23)34-3/h4-6,9-12,16H,1,7-8,13H2,2-3H3,(H,28,32)(H,25,27,29). The fraction of sp³-hybridized carbons (Fsp3) is 0.261. The second kappa shape index (κ2) is 9.92. The van der Waals surface area contributed by atoms with Gasteiger partial charge in [0.1, 0.15) is 5.02 Å². The second-order valence-electron chi connectivity index (χ2n) is 7.79. The number of hydrogen-bond donors (Lipinski definition) is 2. The van der Waals surface area contributed by atoms with Gasteiger partial charge in [0.2, 0.25) is 17.7 Å². The van der Waals surface area contributed by atoms with Crippen LogP contribution in [0, 0.1) is 0 Å². The summed E-state index contributed by atoms with van der Waals surface area (Å²) in [6.45, 7) is 4.57. The number of hydrogen-bond acceptors (Lipinski definition) is 7. The van der Waals surface area contributed by atoms with Gasteiger partial charge in [-0.1, -0.05) is 18.2 Å². The van der Waals surface area contributed by atoms with E-state index in [0.717, 1.165) is 12.0 Å². The third kappa shape index (κ3) is 5.01. The van der Waals surface area contributed by atoms with Crippen molar-refractivity contribution in [3.8, 4) is 17.0 Å². The maximum atomic E-state index is 13.3. The molecule has 1 aliphatic rings. The SMILES string of the molecule is C=CC(=O)Nc1ccc(C(=O)N2CCC(Nc3ncc(Cl)c(OC)n3)C2)cc1-c1cnn(C)c1. The molecular formula is C23H24ClN7O3. The highest BCUT2D eigenvalue weighted by atomic mass is 35.5. The lowest BCUT2D eigenvalue weighted by Crippen LogP contribution is -2.32. The van der Waals surface area contributed by atoms with Crippen LogP contribution in [-0.2, 0) is 11.8 Å². The molecule has 0 aliphatic carbocycles. The summed E-state index contributed by atoms with van der Waals surface area (Å²) in [5.41, 5.74) is 2.57. The molecule has 10 nitrogen and oxygen atoms in total. The molecule has 2 N–H and O–H groups in total. The smallest absolute Gasteiger partial charge is 0.253 e. The van der Waals surface area contributed by atoms with Gasteiger partial charge in [0.15, 0.2) is 0 Å². The largest absolute Gasteiger partial charge is 0.480 e. The van der Waals surface area contributed by atoms with Gasteiger partial charge in [-0.3, -0.25) is 14.3 Å². The molecule has 4 rings (SSSR count). The monoisotopic (exact) mass is 481 g/mol. The number of aromatic nitrogens is 4. The molecule has 2 amide bonds. The summed E-state index contributed by atoms with van der Waals surface area (Å²) in [6.07, 6.45) is 6.92. The maximum absolute atomic E-state index is 13.3. The summed E-state index contributed by atoms with van der Waals surface area (Å²) >= 11 is 5.99. The fourth-order valence-corrected chi connectivity index (χ4v) is 3.93. The maximum Gasteiger partial charge on any atom is 0.253 e. The number of ether oxygens (including phenoxy) is 1. The number of carbonyl (C=O) groups is 2. The van der Waals surface area contributed by atoms with Crippen LogP contribution in [-0.4, -0.2) is 62.7 Å². The molecule has 176 valence electrons. The predicted molar refractivity (Wildman–Crippen MR) is 129 cm³/mol. The molecule has 3 heterocycles. The molecule has 3 aromatic rings. The highest BCUT2D eigenvalue weighted by Gasteiger charge is 2.28. The van der Waals surface area contributed by atoms with Crippen LogP contribution in [0.5, 0.6) is 5.88 Å². The zero-order valence-corrected chi connectivity index (χ0v) is 19.5. The molecule has 1 aromatic carbocycles. The third-order valence-electron chi connectivity index (χ3n) is 5.44. The van der Waals surface area contributed by atoms with Gasteiger partial charge >= 0.3 is 0 Å². The van der Waals surface area contributed by atoms with E-state index in [1.807, 2.05) is 6.20 Å². The normalized spacial score (nSPS) is 15.1. The van der Waals surface area contributed by atoms with Gasteiger partial charge in [-0.05, 0) is 30.7 Å². The summed E-state index contributed by atoms with van der Waals surface area (Å²) in [6, 6.07) is 5.18. The Labute approximate surface area is 201 Å². The van der Waals surface area contributed by atoms with Crippen molar-refractivity contribution in [2.75, 3.05) is 30.8 Å². The van der Waals surface area contributed by atoms with Gasteiger partial charge in [0.25, 0.3) is 5.91 Å². The van der Waals surface area contributed by atoms with Gasteiger partial charge in [-0.2, -0.15) is 10.1 Å². The molecule has 0 saturated carbocycles. The molecule has 1 saturated heterocycles. The quantitative estimate of drug-likeness (QED) is 0.498. The molecule has 1 atom stereocenters. The van der Waals surface area contributed by atoms with Crippen molar-refractivity contribution >= 4 is 35.1 Å². The van der Waals surface area contributed by atoms with Crippen molar-refractivity contribution < 1.29 is 14.3 Å². The Kier molecular flexibility index (Phi) is 6.78. The zero-order valence-electron chi connectivity index (χ0n) is 18.8. The van der Waals surface area contributed by atoms with Crippen LogP contribution in [0.3, 0.4) is 0 Å². The third-order valence-corrected chi connectivity index (χ3v) is 5.70. The summed E-state index contributed by atoms with van der Waals surface area (Å²) in [5.74, 6) is 0.239. The lowest BCUT2D eigenvalue weighted by atomic mass is 10.0. The molecule has 1 fully saturated rings. The number of aryl methyl sites for hydroxylation is 1. The van der Waals surface area contributed by atoms with Crippen LogP contribution in [0.2, 0.25) is 5.02 Å². The number of benzene rings is 1. The zero-order chi connectivity index (χ0) is 24.2. The van der Waals surface area contributed by atoms with Gasteiger partial charge in [0, 0.05) is 54.8 Å². The average molecular weight is 482 g/mol. The van der Waals surface area contributed by atoms with Crippen LogP contribution in [0.25, 0.3) is 11.1 Å². The number of carbonyl (C=O) groups excluding carboxylic acids is 2. The number of nitrogens with zero attached hydrogens (tertiary/aromatic N) is 5. The minimum absolute atomic E-state index is 0.0150. The average Bonchev–Trinajstić information content (AvgIpc) is 3.49. The van der Waals surface area contributed by atoms with Gasteiger partial charge in [0.05, 0.1) is 19.5 Å². The number of amides is 2. The Balaban J connectivity index is 1.51. The van der Waals surface area contributed by atoms with Crippen molar-refractivity contribution in [1.29, 1.82) is 0 Å². The summed E-state index contributed by atoms with van der Waals surface area (Å²) in [5, 5.41) is 10.6. The number of methoxy groups -OCH3 is 1. The molecule has 0 bridgehead atoms. The van der Waals surface area contributed by atoms with Gasteiger partial charge in [-0.25, -0.2) is 4.98 Å². The van der Waals surface area contributed by atoms with Crippen LogP contribution >= 0.6 is 11.6 Å². The van der Waals surface area contributed by atoms with E-state index < -0.39 is 0 Å². The summed E-state index contributed by atoms with van der Waals surface area (Å²) in [7, 11) is 3.29. The number of likely N-dealkylation sites (tertiary alicyclic amines) is 1. The second-order valence-corrected chi connectivity index (χ2v) is 8.20. The topological polar surface area (TPSA) is 114 Å². The number of rotatable bonds is 7. The minimum Gasteiger partial charge on any atom is -0.480 e. The van der Waals surface area contributed by atoms with E-state index in [2.05, 4.69) is 32.3 Å². The molecule has 0 spiro atoms. The molecular weight excluding hydrogens is 458 g/mol. The van der Waals surface area contributed by atoms with Crippen molar-refractivity contribution in [2.45, 2.75) is 12.5 Å². The molecule has 2 aromatic heterocycles. The van der Waals surface area contributed by atoms with Crippen LogP contribution < -0.4 is 15.4 Å². The Morgan fingerprint density at radius 3 is 2.85 bits per heavy atom. The Morgan fingerprint density at radius 1 is 1.32 bits per heavy atom. The van der Waals surface area contributed by atoms with E-state index in [4.69, 9.17) is 16.3 Å². The first-order valence-electron chi connectivity index (χ1n) is 10.6. The van der Waals surface area contributed by atoms with Crippen molar-refractivity contribution in [2.24, 2.45) is 7.05 Å². The van der Waals surface area contributed by atoms with Crippen LogP contribution in [0.15, 0.2) is 49.4 Å². The van der Waals surface area contributed by atoms with E-state index >= 15 is 0 Å². The van der Waals surface area contributed by atoms with E-state index in [-0.39, 0.29) is 23.7 Å². The molecule has 0 radical (unpaired) electrons. The number of halogens is 1. The van der Waals surface area contributed by atoms with E-state index in [1.165, 1.54) is 19.4 Å².